The molecule has 2 unspecified atom stereocenters. The van der Waals surface area contributed by atoms with E-state index in [1.54, 1.807) is 0 Å². The predicted octanol–water partition coefficient (Wildman–Crippen LogP) is 0.809. The van der Waals surface area contributed by atoms with Gasteiger partial charge in [-0.25, -0.2) is 8.42 Å². The number of hydrogen-bond donors (Lipinski definition) is 1. The molecule has 3 nitrogen and oxygen atoms in total. The molecule has 0 amide bonds. The van der Waals surface area contributed by atoms with Crippen LogP contribution in [0.5, 0.6) is 0 Å². The average Bonchev–Trinajstić information content (AvgIpc) is 2.66. The Labute approximate surface area is 80.8 Å². The SMILES string of the molecule is CCCS(=O)(=O)CCNC1CC1C. The van der Waals surface area contributed by atoms with Gasteiger partial charge in [-0.2, -0.15) is 0 Å². The van der Waals surface area contributed by atoms with E-state index in [0.29, 0.717) is 24.1 Å². The minimum atomic E-state index is -2.78. The van der Waals surface area contributed by atoms with Gasteiger partial charge in [0.05, 0.1) is 5.75 Å². The van der Waals surface area contributed by atoms with Gasteiger partial charge >= 0.3 is 0 Å². The third-order valence-electron chi connectivity index (χ3n) is 2.44. The van der Waals surface area contributed by atoms with E-state index < -0.39 is 9.84 Å². The van der Waals surface area contributed by atoms with E-state index >= 15 is 0 Å². The zero-order valence-electron chi connectivity index (χ0n) is 8.41. The van der Waals surface area contributed by atoms with Crippen molar-refractivity contribution in [3.63, 3.8) is 0 Å². The standard InChI is InChI=1S/C9H19NO2S/c1-3-5-13(11,12)6-4-10-9-7-8(9)2/h8-10H,3-7H2,1-2H3. The molecule has 0 aliphatic heterocycles. The summed E-state index contributed by atoms with van der Waals surface area (Å²) in [6.07, 6.45) is 1.93. The topological polar surface area (TPSA) is 46.2 Å². The van der Waals surface area contributed by atoms with E-state index in [-0.39, 0.29) is 0 Å². The molecule has 0 aromatic rings. The van der Waals surface area contributed by atoms with Crippen molar-refractivity contribution in [2.24, 2.45) is 5.92 Å². The van der Waals surface area contributed by atoms with Crippen LogP contribution in [0, 0.1) is 5.92 Å². The zero-order chi connectivity index (χ0) is 9.90. The maximum Gasteiger partial charge on any atom is 0.151 e. The summed E-state index contributed by atoms with van der Waals surface area (Å²) in [5.41, 5.74) is 0. The Morgan fingerprint density at radius 2 is 2.00 bits per heavy atom. The van der Waals surface area contributed by atoms with Gasteiger partial charge in [-0.15, -0.1) is 0 Å². The van der Waals surface area contributed by atoms with Gasteiger partial charge in [-0.1, -0.05) is 13.8 Å². The lowest BCUT2D eigenvalue weighted by Gasteiger charge is -2.03. The molecule has 1 saturated carbocycles. The van der Waals surface area contributed by atoms with Crippen LogP contribution in [0.15, 0.2) is 0 Å². The first-order valence-electron chi connectivity index (χ1n) is 4.99. The van der Waals surface area contributed by atoms with Crippen LogP contribution in [0.4, 0.5) is 0 Å². The van der Waals surface area contributed by atoms with E-state index in [4.69, 9.17) is 0 Å². The first-order chi connectivity index (χ1) is 6.05. The molecule has 1 aliphatic carbocycles. The van der Waals surface area contributed by atoms with Crippen molar-refractivity contribution in [1.82, 2.24) is 5.32 Å². The molecule has 0 bridgehead atoms. The summed E-state index contributed by atoms with van der Waals surface area (Å²) in [5, 5.41) is 3.24. The van der Waals surface area contributed by atoms with E-state index in [1.807, 2.05) is 6.92 Å². The number of rotatable bonds is 6. The molecule has 78 valence electrons. The van der Waals surface area contributed by atoms with Gasteiger partial charge in [-0.05, 0) is 18.8 Å². The molecule has 0 spiro atoms. The van der Waals surface area contributed by atoms with Gasteiger partial charge in [0.1, 0.15) is 0 Å². The molecule has 0 saturated heterocycles. The van der Waals surface area contributed by atoms with Crippen molar-refractivity contribution in [3.8, 4) is 0 Å². The summed E-state index contributed by atoms with van der Waals surface area (Å²) in [4.78, 5) is 0. The van der Waals surface area contributed by atoms with Crippen LogP contribution < -0.4 is 5.32 Å². The lowest BCUT2D eigenvalue weighted by Crippen LogP contribution is -2.26. The molecule has 0 heterocycles. The highest BCUT2D eigenvalue weighted by molar-refractivity contribution is 7.91. The molecule has 1 N–H and O–H groups in total. The van der Waals surface area contributed by atoms with Crippen molar-refractivity contribution in [1.29, 1.82) is 0 Å². The molecule has 1 fully saturated rings. The Hall–Kier alpha value is -0.0900. The van der Waals surface area contributed by atoms with Gasteiger partial charge in [0, 0.05) is 18.3 Å². The summed E-state index contributed by atoms with van der Waals surface area (Å²) in [6.45, 7) is 4.70. The number of hydrogen-bond acceptors (Lipinski definition) is 3. The fourth-order valence-corrected chi connectivity index (χ4v) is 2.67. The van der Waals surface area contributed by atoms with Gasteiger partial charge in [-0.3, -0.25) is 0 Å². The van der Waals surface area contributed by atoms with Crippen LogP contribution in [0.3, 0.4) is 0 Å². The Balaban J connectivity index is 2.11. The van der Waals surface area contributed by atoms with E-state index in [9.17, 15) is 8.42 Å². The lowest BCUT2D eigenvalue weighted by atomic mass is 10.5. The van der Waals surface area contributed by atoms with Crippen LogP contribution in [0.2, 0.25) is 0 Å². The summed E-state index contributed by atoms with van der Waals surface area (Å²) < 4.78 is 22.5. The Kier molecular flexibility index (Phi) is 3.74. The molecule has 4 heteroatoms. The second kappa shape index (κ2) is 4.42. The number of sulfone groups is 1. The highest BCUT2D eigenvalue weighted by Crippen LogP contribution is 2.28. The third kappa shape index (κ3) is 4.09. The normalized spacial score (nSPS) is 27.5. The molecule has 13 heavy (non-hydrogen) atoms. The van der Waals surface area contributed by atoms with Crippen LogP contribution >= 0.6 is 0 Å². The minimum Gasteiger partial charge on any atom is -0.313 e. The largest absolute Gasteiger partial charge is 0.313 e. The average molecular weight is 205 g/mol. The molecule has 2 atom stereocenters. The first-order valence-corrected chi connectivity index (χ1v) is 6.81. The van der Waals surface area contributed by atoms with Crippen molar-refractivity contribution < 1.29 is 8.42 Å². The summed E-state index contributed by atoms with van der Waals surface area (Å²) >= 11 is 0. The Bertz CT molecular complexity index is 248. The van der Waals surface area contributed by atoms with E-state index in [1.165, 1.54) is 6.42 Å². The fraction of sp³-hybridized carbons (Fsp3) is 1.00. The monoisotopic (exact) mass is 205 g/mol. The maximum absolute atomic E-state index is 11.3. The van der Waals surface area contributed by atoms with E-state index in [2.05, 4.69) is 12.2 Å². The van der Waals surface area contributed by atoms with Gasteiger partial charge in [0.2, 0.25) is 0 Å². The number of nitrogens with one attached hydrogen (secondary N) is 1. The van der Waals surface area contributed by atoms with Gasteiger partial charge in [0.15, 0.2) is 9.84 Å². The molecule has 0 aromatic carbocycles. The van der Waals surface area contributed by atoms with Crippen LogP contribution in [0.25, 0.3) is 0 Å². The van der Waals surface area contributed by atoms with Crippen molar-refractivity contribution in [2.45, 2.75) is 32.7 Å². The maximum atomic E-state index is 11.3. The first kappa shape index (κ1) is 11.0. The molecular weight excluding hydrogens is 186 g/mol. The molecule has 0 aromatic heterocycles. The fourth-order valence-electron chi connectivity index (χ4n) is 1.42. The molecule has 0 radical (unpaired) electrons. The van der Waals surface area contributed by atoms with Crippen molar-refractivity contribution in [3.05, 3.63) is 0 Å². The minimum absolute atomic E-state index is 0.296. The lowest BCUT2D eigenvalue weighted by molar-refractivity contribution is 0.587. The van der Waals surface area contributed by atoms with Crippen LogP contribution in [0.1, 0.15) is 26.7 Å². The Morgan fingerprint density at radius 1 is 1.38 bits per heavy atom. The van der Waals surface area contributed by atoms with Gasteiger partial charge < -0.3 is 5.32 Å². The second-order valence-corrected chi connectivity index (χ2v) is 6.23. The van der Waals surface area contributed by atoms with Crippen molar-refractivity contribution >= 4 is 9.84 Å². The molecule has 1 aliphatic rings. The molecular formula is C9H19NO2S. The van der Waals surface area contributed by atoms with Crippen LogP contribution in [-0.2, 0) is 9.84 Å². The summed E-state index contributed by atoms with van der Waals surface area (Å²) in [7, 11) is -2.78. The highest BCUT2D eigenvalue weighted by atomic mass is 32.2. The van der Waals surface area contributed by atoms with Crippen LogP contribution in [-0.4, -0.2) is 32.5 Å². The summed E-state index contributed by atoms with van der Waals surface area (Å²) in [6, 6.07) is 0.580. The zero-order valence-corrected chi connectivity index (χ0v) is 9.23. The Morgan fingerprint density at radius 3 is 2.46 bits per heavy atom. The highest BCUT2D eigenvalue weighted by Gasteiger charge is 2.31. The summed E-state index contributed by atoms with van der Waals surface area (Å²) in [5.74, 6) is 1.37. The quantitative estimate of drug-likeness (QED) is 0.698. The van der Waals surface area contributed by atoms with Crippen molar-refractivity contribution in [2.75, 3.05) is 18.1 Å². The third-order valence-corrected chi connectivity index (χ3v) is 4.30. The second-order valence-electron chi connectivity index (χ2n) is 3.93. The van der Waals surface area contributed by atoms with Gasteiger partial charge in [0.25, 0.3) is 0 Å². The molecule has 1 rings (SSSR count). The van der Waals surface area contributed by atoms with E-state index in [0.717, 1.165) is 12.3 Å². The predicted molar refractivity (Wildman–Crippen MR) is 54.5 cm³/mol. The smallest absolute Gasteiger partial charge is 0.151 e.